The Bertz CT molecular complexity index is 1210. The molecule has 168 valence electrons. The topological polar surface area (TPSA) is 58.3 Å². The van der Waals surface area contributed by atoms with E-state index in [1.165, 1.54) is 28.8 Å². The Labute approximate surface area is 195 Å². The fraction of sp³-hybridized carbons (Fsp3) is 0.200. The van der Waals surface area contributed by atoms with Crippen molar-refractivity contribution in [2.24, 2.45) is 4.99 Å². The highest BCUT2D eigenvalue weighted by atomic mass is 32.2. The zero-order valence-corrected chi connectivity index (χ0v) is 18.8. The molecule has 0 atom stereocenters. The highest BCUT2D eigenvalue weighted by molar-refractivity contribution is 8.18. The number of likely N-dealkylation sites (N-methyl/N-ethyl adjacent to an activating group) is 1. The zero-order chi connectivity index (χ0) is 22.8. The molecule has 0 unspecified atom stereocenters. The Balaban J connectivity index is 1.32. The number of anilines is 1. The first-order chi connectivity index (χ1) is 16.1. The maximum Gasteiger partial charge on any atom is 0.266 e. The molecule has 1 aromatic heterocycles. The predicted octanol–water partition coefficient (Wildman–Crippen LogP) is 5.16. The second kappa shape index (κ2) is 9.25. The van der Waals surface area contributed by atoms with Crippen LogP contribution in [0, 0.1) is 5.82 Å². The van der Waals surface area contributed by atoms with Crippen LogP contribution >= 0.6 is 11.8 Å². The quantitative estimate of drug-likeness (QED) is 0.501. The number of carbonyl (C=O) groups is 1. The van der Waals surface area contributed by atoms with Gasteiger partial charge in [-0.05, 0) is 72.4 Å². The van der Waals surface area contributed by atoms with Crippen molar-refractivity contribution in [2.45, 2.75) is 0 Å². The highest BCUT2D eigenvalue weighted by Gasteiger charge is 2.30. The van der Waals surface area contributed by atoms with Crippen LogP contribution in [0.25, 0.3) is 17.4 Å². The van der Waals surface area contributed by atoms with Crippen molar-refractivity contribution in [2.75, 3.05) is 38.3 Å². The lowest BCUT2D eigenvalue weighted by Crippen LogP contribution is -2.36. The van der Waals surface area contributed by atoms with Crippen LogP contribution in [0.5, 0.6) is 0 Å². The number of morpholine rings is 1. The summed E-state index contributed by atoms with van der Waals surface area (Å²) in [5.74, 6) is 0.726. The lowest BCUT2D eigenvalue weighted by molar-refractivity contribution is -0.121. The monoisotopic (exact) mass is 463 g/mol. The SMILES string of the molecule is CN1C(=O)/C(=C/c2ccc(-c3ccc(F)cc3)o2)SC1=Nc1ccc(N2CCOCC2)cc1. The summed E-state index contributed by atoms with van der Waals surface area (Å²) in [6, 6.07) is 17.7. The minimum atomic E-state index is -0.300. The normalized spacial score (nSPS) is 19.2. The number of furan rings is 1. The molecule has 2 aliphatic rings. The number of amides is 1. The molecular formula is C25H22FN3O3S. The van der Waals surface area contributed by atoms with E-state index in [2.05, 4.69) is 9.89 Å². The molecule has 0 N–H and O–H groups in total. The van der Waals surface area contributed by atoms with Crippen molar-refractivity contribution >= 4 is 40.3 Å². The second-order valence-corrected chi connectivity index (χ2v) is 8.70. The smallest absolute Gasteiger partial charge is 0.266 e. The van der Waals surface area contributed by atoms with Gasteiger partial charge in [0.2, 0.25) is 0 Å². The van der Waals surface area contributed by atoms with Crippen LogP contribution in [0.2, 0.25) is 0 Å². The molecule has 3 heterocycles. The Morgan fingerprint density at radius 2 is 1.73 bits per heavy atom. The summed E-state index contributed by atoms with van der Waals surface area (Å²) in [4.78, 5) is 21.8. The minimum Gasteiger partial charge on any atom is -0.457 e. The van der Waals surface area contributed by atoms with Gasteiger partial charge in [-0.15, -0.1) is 0 Å². The molecule has 2 aromatic carbocycles. The maximum atomic E-state index is 13.2. The molecular weight excluding hydrogens is 441 g/mol. The fourth-order valence-corrected chi connectivity index (χ4v) is 4.62. The van der Waals surface area contributed by atoms with Crippen molar-refractivity contribution in [3.63, 3.8) is 0 Å². The first-order valence-electron chi connectivity index (χ1n) is 10.6. The highest BCUT2D eigenvalue weighted by Crippen LogP contribution is 2.34. The third-order valence-electron chi connectivity index (χ3n) is 5.48. The Morgan fingerprint density at radius 1 is 1.00 bits per heavy atom. The van der Waals surface area contributed by atoms with Crippen LogP contribution in [0.15, 0.2) is 75.0 Å². The molecule has 5 rings (SSSR count). The average Bonchev–Trinajstić information content (AvgIpc) is 3.41. The third-order valence-corrected chi connectivity index (χ3v) is 6.54. The van der Waals surface area contributed by atoms with Gasteiger partial charge in [0.1, 0.15) is 17.3 Å². The molecule has 0 spiro atoms. The van der Waals surface area contributed by atoms with Crippen LogP contribution in [0.1, 0.15) is 5.76 Å². The first kappa shape index (κ1) is 21.5. The second-order valence-electron chi connectivity index (χ2n) is 7.69. The van der Waals surface area contributed by atoms with E-state index in [0.29, 0.717) is 21.6 Å². The maximum absolute atomic E-state index is 13.2. The van der Waals surface area contributed by atoms with Crippen LogP contribution < -0.4 is 4.90 Å². The number of hydrogen-bond acceptors (Lipinski definition) is 6. The van der Waals surface area contributed by atoms with Crippen LogP contribution in [-0.2, 0) is 9.53 Å². The molecule has 0 bridgehead atoms. The summed E-state index contributed by atoms with van der Waals surface area (Å²) in [7, 11) is 1.71. The molecule has 0 saturated carbocycles. The van der Waals surface area contributed by atoms with E-state index >= 15 is 0 Å². The first-order valence-corrected chi connectivity index (χ1v) is 11.4. The number of carbonyl (C=O) groups excluding carboxylic acids is 1. The lowest BCUT2D eigenvalue weighted by atomic mass is 10.2. The van der Waals surface area contributed by atoms with E-state index in [4.69, 9.17) is 9.15 Å². The van der Waals surface area contributed by atoms with E-state index in [0.717, 1.165) is 43.2 Å². The lowest BCUT2D eigenvalue weighted by Gasteiger charge is -2.28. The molecule has 3 aromatic rings. The molecule has 8 heteroatoms. The van der Waals surface area contributed by atoms with Gasteiger partial charge in [0.15, 0.2) is 5.17 Å². The average molecular weight is 464 g/mol. The van der Waals surface area contributed by atoms with Crippen molar-refractivity contribution in [3.05, 3.63) is 77.1 Å². The molecule has 33 heavy (non-hydrogen) atoms. The number of thioether (sulfide) groups is 1. The summed E-state index contributed by atoms with van der Waals surface area (Å²) in [6.45, 7) is 3.24. The number of ether oxygens (including phenoxy) is 1. The number of benzene rings is 2. The van der Waals surface area contributed by atoms with E-state index in [1.54, 1.807) is 37.4 Å². The van der Waals surface area contributed by atoms with Gasteiger partial charge in [-0.1, -0.05) is 0 Å². The number of nitrogens with zero attached hydrogens (tertiary/aromatic N) is 3. The van der Waals surface area contributed by atoms with E-state index in [-0.39, 0.29) is 11.7 Å². The van der Waals surface area contributed by atoms with E-state index < -0.39 is 0 Å². The number of aliphatic imine (C=N–C) groups is 1. The van der Waals surface area contributed by atoms with E-state index in [1.807, 2.05) is 24.3 Å². The van der Waals surface area contributed by atoms with Crippen molar-refractivity contribution < 1.29 is 18.3 Å². The molecule has 0 aliphatic carbocycles. The van der Waals surface area contributed by atoms with Gasteiger partial charge < -0.3 is 14.1 Å². The molecule has 0 radical (unpaired) electrons. The fourth-order valence-electron chi connectivity index (χ4n) is 3.65. The molecule has 2 fully saturated rings. The van der Waals surface area contributed by atoms with Crippen molar-refractivity contribution in [3.8, 4) is 11.3 Å². The van der Waals surface area contributed by atoms with Gasteiger partial charge in [0, 0.05) is 37.5 Å². The van der Waals surface area contributed by atoms with Gasteiger partial charge in [-0.3, -0.25) is 9.69 Å². The van der Waals surface area contributed by atoms with Gasteiger partial charge in [0.25, 0.3) is 5.91 Å². The van der Waals surface area contributed by atoms with Gasteiger partial charge in [-0.25, -0.2) is 9.38 Å². The number of hydrogen-bond donors (Lipinski definition) is 0. The summed E-state index contributed by atoms with van der Waals surface area (Å²) < 4.78 is 24.4. The molecule has 2 saturated heterocycles. The summed E-state index contributed by atoms with van der Waals surface area (Å²) >= 11 is 1.31. The van der Waals surface area contributed by atoms with Crippen LogP contribution in [-0.4, -0.2) is 49.3 Å². The van der Waals surface area contributed by atoms with Gasteiger partial charge in [-0.2, -0.15) is 0 Å². The zero-order valence-electron chi connectivity index (χ0n) is 18.0. The standard InChI is InChI=1S/C25H22FN3O3S/c1-28-24(30)23(16-21-10-11-22(32-21)17-2-4-18(26)5-3-17)33-25(28)27-19-6-8-20(9-7-19)29-12-14-31-15-13-29/h2-11,16H,12-15H2,1H3/b23-16-,27-25?. The van der Waals surface area contributed by atoms with E-state index in [9.17, 15) is 9.18 Å². The third kappa shape index (κ3) is 4.72. The number of rotatable bonds is 4. The number of amidine groups is 1. The summed E-state index contributed by atoms with van der Waals surface area (Å²) in [5, 5.41) is 0.607. The predicted molar refractivity (Wildman–Crippen MR) is 129 cm³/mol. The summed E-state index contributed by atoms with van der Waals surface area (Å²) in [6.07, 6.45) is 1.71. The molecule has 1 amide bonds. The Hall–Kier alpha value is -3.36. The largest absolute Gasteiger partial charge is 0.457 e. The molecule has 2 aliphatic heterocycles. The van der Waals surface area contributed by atoms with Gasteiger partial charge >= 0.3 is 0 Å². The molecule has 6 nitrogen and oxygen atoms in total. The van der Waals surface area contributed by atoms with Crippen LogP contribution in [0.4, 0.5) is 15.8 Å². The summed E-state index contributed by atoms with van der Waals surface area (Å²) in [5.41, 5.74) is 2.69. The van der Waals surface area contributed by atoms with Crippen molar-refractivity contribution in [1.29, 1.82) is 0 Å². The van der Waals surface area contributed by atoms with Crippen LogP contribution in [0.3, 0.4) is 0 Å². The van der Waals surface area contributed by atoms with Crippen molar-refractivity contribution in [1.82, 2.24) is 4.90 Å². The Kier molecular flexibility index (Phi) is 6.02. The van der Waals surface area contributed by atoms with Gasteiger partial charge in [0.05, 0.1) is 23.8 Å². The Morgan fingerprint density at radius 3 is 2.45 bits per heavy atom. The minimum absolute atomic E-state index is 0.136. The number of halogens is 1.